The lowest BCUT2D eigenvalue weighted by atomic mass is 10.1. The van der Waals surface area contributed by atoms with Gasteiger partial charge < -0.3 is 9.30 Å². The van der Waals surface area contributed by atoms with Crippen molar-refractivity contribution in [1.29, 1.82) is 0 Å². The second-order valence-corrected chi connectivity index (χ2v) is 7.42. The number of aromatic nitrogens is 1. The fourth-order valence-electron chi connectivity index (χ4n) is 3.13. The molecule has 0 fully saturated rings. The zero-order chi connectivity index (χ0) is 18.8. The topological polar surface area (TPSA) is 43.6 Å². The van der Waals surface area contributed by atoms with Crippen molar-refractivity contribution >= 4 is 38.2 Å². The zero-order valence-electron chi connectivity index (χ0n) is 15.3. The van der Waals surface area contributed by atoms with Crippen LogP contribution in [0.2, 0.25) is 0 Å². The summed E-state index contributed by atoms with van der Waals surface area (Å²) in [5.74, 6) is -0.225. The van der Waals surface area contributed by atoms with Gasteiger partial charge in [-0.05, 0) is 30.5 Å². The summed E-state index contributed by atoms with van der Waals surface area (Å²) >= 11 is 1.55. The first kappa shape index (κ1) is 17.6. The molecule has 0 saturated carbocycles. The Balaban J connectivity index is 1.91. The first-order valence-corrected chi connectivity index (χ1v) is 9.65. The summed E-state index contributed by atoms with van der Waals surface area (Å²) in [5.41, 5.74) is 2.79. The number of benzene rings is 3. The summed E-state index contributed by atoms with van der Waals surface area (Å²) in [4.78, 5) is 17.8. The third-order valence-corrected chi connectivity index (χ3v) is 5.72. The maximum Gasteiger partial charge on any atom is 0.279 e. The SMILES string of the molecule is COCCn1c(=NC(=O)c2ccc(C)cc2)sc2c3ccccc3ccc21. The minimum Gasteiger partial charge on any atom is -0.383 e. The maximum atomic E-state index is 12.7. The number of rotatable bonds is 4. The minimum absolute atomic E-state index is 0.225. The molecule has 0 saturated heterocycles. The lowest BCUT2D eigenvalue weighted by molar-refractivity contribution is 0.0997. The highest BCUT2D eigenvalue weighted by Gasteiger charge is 2.11. The van der Waals surface area contributed by atoms with Gasteiger partial charge in [0, 0.05) is 24.6 Å². The van der Waals surface area contributed by atoms with Crippen molar-refractivity contribution in [1.82, 2.24) is 4.57 Å². The van der Waals surface area contributed by atoms with Gasteiger partial charge in [-0.1, -0.05) is 59.4 Å². The Hall–Kier alpha value is -2.76. The van der Waals surface area contributed by atoms with E-state index in [9.17, 15) is 4.79 Å². The summed E-state index contributed by atoms with van der Waals surface area (Å²) in [5, 5.41) is 2.36. The number of carbonyl (C=O) groups is 1. The lowest BCUT2D eigenvalue weighted by Crippen LogP contribution is -2.19. The van der Waals surface area contributed by atoms with Gasteiger partial charge in [-0.2, -0.15) is 4.99 Å². The first-order chi connectivity index (χ1) is 13.2. The van der Waals surface area contributed by atoms with Crippen molar-refractivity contribution in [3.63, 3.8) is 0 Å². The quantitative estimate of drug-likeness (QED) is 0.524. The van der Waals surface area contributed by atoms with Crippen LogP contribution in [0.1, 0.15) is 15.9 Å². The van der Waals surface area contributed by atoms with E-state index < -0.39 is 0 Å². The molecule has 0 aliphatic rings. The number of methoxy groups -OCH3 is 1. The second-order valence-electron chi connectivity index (χ2n) is 6.45. The molecule has 0 aliphatic heterocycles. The van der Waals surface area contributed by atoms with Crippen molar-refractivity contribution in [2.24, 2.45) is 4.99 Å². The standard InChI is InChI=1S/C22H20N2O2S/c1-15-7-9-17(10-8-15)21(25)23-22-24(13-14-26-2)19-12-11-16-5-3-4-6-18(16)20(19)27-22/h3-12H,13-14H2,1-2H3. The highest BCUT2D eigenvalue weighted by Crippen LogP contribution is 2.27. The molecule has 4 aromatic rings. The third kappa shape index (κ3) is 3.44. The number of hydrogen-bond donors (Lipinski definition) is 0. The predicted octanol–water partition coefficient (Wildman–Crippen LogP) is 4.55. The Morgan fingerprint density at radius 3 is 2.63 bits per heavy atom. The summed E-state index contributed by atoms with van der Waals surface area (Å²) in [6, 6.07) is 20.0. The van der Waals surface area contributed by atoms with E-state index in [1.54, 1.807) is 18.4 Å². The summed E-state index contributed by atoms with van der Waals surface area (Å²) in [6.07, 6.45) is 0. The summed E-state index contributed by atoms with van der Waals surface area (Å²) in [6.45, 7) is 3.21. The molecule has 1 aromatic heterocycles. The monoisotopic (exact) mass is 376 g/mol. The molecule has 1 amide bonds. The van der Waals surface area contributed by atoms with Crippen molar-refractivity contribution in [2.75, 3.05) is 13.7 Å². The van der Waals surface area contributed by atoms with Gasteiger partial charge in [0.2, 0.25) is 0 Å². The zero-order valence-corrected chi connectivity index (χ0v) is 16.1. The molecule has 0 bridgehead atoms. The summed E-state index contributed by atoms with van der Waals surface area (Å²) in [7, 11) is 1.68. The average molecular weight is 376 g/mol. The van der Waals surface area contributed by atoms with Crippen LogP contribution in [0.5, 0.6) is 0 Å². The van der Waals surface area contributed by atoms with Crippen LogP contribution in [0.25, 0.3) is 21.0 Å². The Bertz CT molecular complexity index is 1190. The Morgan fingerprint density at radius 2 is 1.85 bits per heavy atom. The smallest absolute Gasteiger partial charge is 0.279 e. The fourth-order valence-corrected chi connectivity index (χ4v) is 4.32. The molecule has 3 aromatic carbocycles. The molecule has 0 unspecified atom stereocenters. The Morgan fingerprint density at radius 1 is 1.07 bits per heavy atom. The lowest BCUT2D eigenvalue weighted by Gasteiger charge is -2.05. The first-order valence-electron chi connectivity index (χ1n) is 8.83. The van der Waals surface area contributed by atoms with Crippen molar-refractivity contribution in [3.8, 4) is 0 Å². The summed E-state index contributed by atoms with van der Waals surface area (Å²) < 4.78 is 8.48. The molecule has 0 radical (unpaired) electrons. The molecular weight excluding hydrogens is 356 g/mol. The number of fused-ring (bicyclic) bond motifs is 3. The van der Waals surface area contributed by atoms with Crippen LogP contribution in [0, 0.1) is 6.92 Å². The Labute approximate surface area is 161 Å². The molecule has 0 N–H and O–H groups in total. The van der Waals surface area contributed by atoms with Crippen LogP contribution < -0.4 is 4.80 Å². The van der Waals surface area contributed by atoms with E-state index in [1.807, 2.05) is 43.3 Å². The van der Waals surface area contributed by atoms with E-state index in [4.69, 9.17) is 4.74 Å². The van der Waals surface area contributed by atoms with Gasteiger partial charge in [-0.25, -0.2) is 0 Å². The number of carbonyl (C=O) groups excluding carboxylic acids is 1. The molecule has 1 heterocycles. The second kappa shape index (κ2) is 7.47. The van der Waals surface area contributed by atoms with Crippen LogP contribution >= 0.6 is 11.3 Å². The van der Waals surface area contributed by atoms with E-state index >= 15 is 0 Å². The highest BCUT2D eigenvalue weighted by molar-refractivity contribution is 7.17. The van der Waals surface area contributed by atoms with Crippen molar-refractivity contribution in [2.45, 2.75) is 13.5 Å². The predicted molar refractivity (Wildman–Crippen MR) is 110 cm³/mol. The third-order valence-electron chi connectivity index (χ3n) is 4.59. The Kier molecular flexibility index (Phi) is 4.88. The van der Waals surface area contributed by atoms with Crippen LogP contribution in [0.15, 0.2) is 65.7 Å². The van der Waals surface area contributed by atoms with Gasteiger partial charge in [0.1, 0.15) is 0 Å². The van der Waals surface area contributed by atoms with Crippen LogP contribution in [0.3, 0.4) is 0 Å². The number of hydrogen-bond acceptors (Lipinski definition) is 3. The number of amides is 1. The van der Waals surface area contributed by atoms with Gasteiger partial charge in [-0.3, -0.25) is 4.79 Å². The van der Waals surface area contributed by atoms with Gasteiger partial charge in [0.25, 0.3) is 5.91 Å². The number of nitrogens with zero attached hydrogens (tertiary/aromatic N) is 2. The van der Waals surface area contributed by atoms with Crippen molar-refractivity contribution in [3.05, 3.63) is 76.6 Å². The van der Waals surface area contributed by atoms with Crippen LogP contribution in [-0.4, -0.2) is 24.2 Å². The van der Waals surface area contributed by atoms with E-state index in [-0.39, 0.29) is 5.91 Å². The van der Waals surface area contributed by atoms with E-state index in [2.05, 4.69) is 33.8 Å². The van der Waals surface area contributed by atoms with Gasteiger partial charge >= 0.3 is 0 Å². The maximum absolute atomic E-state index is 12.7. The average Bonchev–Trinajstić information content (AvgIpc) is 3.04. The van der Waals surface area contributed by atoms with Crippen LogP contribution in [0.4, 0.5) is 0 Å². The number of aryl methyl sites for hydroxylation is 1. The molecule has 4 rings (SSSR count). The molecular formula is C22H20N2O2S. The molecule has 5 heteroatoms. The molecule has 136 valence electrons. The van der Waals surface area contributed by atoms with Crippen LogP contribution in [-0.2, 0) is 11.3 Å². The van der Waals surface area contributed by atoms with Gasteiger partial charge in [0.15, 0.2) is 4.80 Å². The van der Waals surface area contributed by atoms with E-state index in [0.29, 0.717) is 23.5 Å². The molecule has 0 atom stereocenters. The van der Waals surface area contributed by atoms with Crippen molar-refractivity contribution < 1.29 is 9.53 Å². The van der Waals surface area contributed by atoms with Gasteiger partial charge in [-0.15, -0.1) is 0 Å². The molecule has 27 heavy (non-hydrogen) atoms. The van der Waals surface area contributed by atoms with E-state index in [1.165, 1.54) is 10.8 Å². The fraction of sp³-hybridized carbons (Fsp3) is 0.182. The number of ether oxygens (including phenoxy) is 1. The number of thiazole rings is 1. The highest BCUT2D eigenvalue weighted by atomic mass is 32.1. The largest absolute Gasteiger partial charge is 0.383 e. The molecule has 0 aliphatic carbocycles. The normalized spacial score (nSPS) is 12.1. The molecule has 0 spiro atoms. The van der Waals surface area contributed by atoms with E-state index in [0.717, 1.165) is 15.8 Å². The van der Waals surface area contributed by atoms with Gasteiger partial charge in [0.05, 0.1) is 16.8 Å². The minimum atomic E-state index is -0.225. The molecule has 4 nitrogen and oxygen atoms in total.